The molecule has 0 saturated carbocycles. The Bertz CT molecular complexity index is 4100. The van der Waals surface area contributed by atoms with Gasteiger partial charge in [-0.05, 0) is 214 Å². The highest BCUT2D eigenvalue weighted by molar-refractivity contribution is 6.32. The van der Waals surface area contributed by atoms with Gasteiger partial charge in [0, 0.05) is 74.8 Å². The van der Waals surface area contributed by atoms with Crippen LogP contribution in [-0.2, 0) is 12.8 Å². The number of anilines is 4. The highest BCUT2D eigenvalue weighted by Gasteiger charge is 2.31. The van der Waals surface area contributed by atoms with Gasteiger partial charge < -0.3 is 24.2 Å². The molecular weight excluding hydrogens is 1110 g/mol. The molecule has 12 rings (SSSR count). The molecule has 82 heavy (non-hydrogen) atoms. The molecule has 0 heterocycles. The number of methoxy groups -OCH3 is 2. The van der Waals surface area contributed by atoms with Crippen LogP contribution in [0.1, 0.15) is 54.1 Å². The zero-order chi connectivity index (χ0) is 57.2. The normalized spacial score (nSPS) is 12.2. The van der Waals surface area contributed by atoms with Crippen LogP contribution >= 0.6 is 46.4 Å². The number of benzene rings is 10. The van der Waals surface area contributed by atoms with Crippen molar-refractivity contribution in [3.05, 3.63) is 222 Å². The van der Waals surface area contributed by atoms with E-state index in [2.05, 4.69) is 29.2 Å². The topological polar surface area (TPSA) is 112 Å². The Balaban J connectivity index is 0.853. The second kappa shape index (κ2) is 21.7. The largest absolute Gasteiger partial charge is 0.494 e. The molecule has 0 aliphatic heterocycles. The van der Waals surface area contributed by atoms with Gasteiger partial charge in [0.05, 0.1) is 36.7 Å². The van der Waals surface area contributed by atoms with Crippen molar-refractivity contribution in [2.75, 3.05) is 50.1 Å². The number of ether oxygens (including phenoxy) is 2. The van der Waals surface area contributed by atoms with Gasteiger partial charge in [0.2, 0.25) is 0 Å². The van der Waals surface area contributed by atoms with Gasteiger partial charge in [-0.25, -0.2) is 0 Å². The third-order valence-corrected chi connectivity index (χ3v) is 16.6. The molecule has 10 aromatic carbocycles. The van der Waals surface area contributed by atoms with Crippen LogP contribution in [0.15, 0.2) is 178 Å². The Morgan fingerprint density at radius 1 is 0.439 bits per heavy atom. The summed E-state index contributed by atoms with van der Waals surface area (Å²) in [5, 5.41) is 25.3. The van der Waals surface area contributed by atoms with Crippen molar-refractivity contribution in [1.82, 2.24) is 0 Å². The highest BCUT2D eigenvalue weighted by Crippen LogP contribution is 2.51. The molecule has 2 aliphatic carbocycles. The molecule has 0 bridgehead atoms. The summed E-state index contributed by atoms with van der Waals surface area (Å²) in [6.45, 7) is 3.84. The molecule has 0 spiro atoms. The lowest BCUT2D eigenvalue weighted by molar-refractivity contribution is 0.0982. The van der Waals surface area contributed by atoms with E-state index in [0.717, 1.165) is 88.6 Å². The van der Waals surface area contributed by atoms with Crippen LogP contribution in [0.5, 0.6) is 11.5 Å². The standard InChI is InChI=1S/C67H51Cl4N7O4/c1-36-28-42(68)14-26-58(36)77(4)66(79)56-32-40-10-24-50-52-34-44(70)12-8-38(52)30-54(50)60(40)62(64(56)81-6)74-72-46-16-20-48(21-17-46)76(3)49-22-18-47(19-23-49)73-75-63-61-41(11-25-51-53-35-45(71)13-9-39(53)31-55(51)61)33-57(65(63)82-7)67(80)78(5)59-27-15-43(69)29-37(59)2/h8-29,32-35H,30-31H2,1-7H3. The number of nitrogens with zero attached hydrogens (tertiary/aromatic N) is 7. The number of carbonyl (C=O) groups excluding carboxylic acids is 2. The molecule has 2 aliphatic rings. The van der Waals surface area contributed by atoms with Crippen molar-refractivity contribution in [1.29, 1.82) is 0 Å². The van der Waals surface area contributed by atoms with Crippen LogP contribution in [-0.4, -0.2) is 47.2 Å². The summed E-state index contributed by atoms with van der Waals surface area (Å²) in [5.41, 5.74) is 16.3. The summed E-state index contributed by atoms with van der Waals surface area (Å²) in [6.07, 6.45) is 1.29. The minimum absolute atomic E-state index is 0.276. The highest BCUT2D eigenvalue weighted by atomic mass is 35.5. The third kappa shape index (κ3) is 9.67. The number of aryl methyl sites for hydroxylation is 2. The van der Waals surface area contributed by atoms with Gasteiger partial charge in [-0.1, -0.05) is 82.8 Å². The van der Waals surface area contributed by atoms with E-state index in [1.807, 2.05) is 142 Å². The minimum atomic E-state index is -0.276. The second-order valence-corrected chi connectivity index (χ2v) is 22.3. The van der Waals surface area contributed by atoms with E-state index in [9.17, 15) is 9.59 Å². The Morgan fingerprint density at radius 3 is 1.20 bits per heavy atom. The third-order valence-electron chi connectivity index (χ3n) is 15.7. The predicted octanol–water partition coefficient (Wildman–Crippen LogP) is 19.5. The van der Waals surface area contributed by atoms with Crippen LogP contribution in [0, 0.1) is 13.8 Å². The SMILES string of the molecule is COc1c(C(=O)N(C)c2ccc(Cl)cc2C)cc2ccc3c(c2c1N=Nc1ccc(N(C)c2ccc(N=Nc4c(OC)c(C(=O)N(C)c5ccc(Cl)cc5C)cc5ccc6c(c45)Cc4ccc(Cl)cc4-6)cc2)cc1)Cc1ccc(Cl)cc1-3. The number of rotatable bonds is 12. The lowest BCUT2D eigenvalue weighted by Crippen LogP contribution is -2.27. The van der Waals surface area contributed by atoms with Gasteiger partial charge in [-0.2, -0.15) is 10.2 Å². The maximum Gasteiger partial charge on any atom is 0.261 e. The number of hydrogen-bond donors (Lipinski definition) is 0. The lowest BCUT2D eigenvalue weighted by Gasteiger charge is -2.22. The lowest BCUT2D eigenvalue weighted by atomic mass is 9.95. The maximum atomic E-state index is 14.5. The number of azo groups is 2. The molecule has 0 aromatic heterocycles. The molecule has 0 unspecified atom stereocenters. The number of fused-ring (bicyclic) bond motifs is 10. The molecule has 0 radical (unpaired) electrons. The summed E-state index contributed by atoms with van der Waals surface area (Å²) in [4.78, 5) is 34.3. The van der Waals surface area contributed by atoms with Crippen molar-refractivity contribution < 1.29 is 19.1 Å². The first-order chi connectivity index (χ1) is 39.6. The Morgan fingerprint density at radius 2 is 0.817 bits per heavy atom. The number of carbonyl (C=O) groups is 2. The van der Waals surface area contributed by atoms with Crippen LogP contribution in [0.3, 0.4) is 0 Å². The molecular formula is C67H51Cl4N7O4. The average Bonchev–Trinajstić information content (AvgIpc) is 3.63. The molecule has 10 aromatic rings. The summed E-state index contributed by atoms with van der Waals surface area (Å²) >= 11 is 25.7. The van der Waals surface area contributed by atoms with E-state index in [-0.39, 0.29) is 11.8 Å². The van der Waals surface area contributed by atoms with Crippen LogP contribution < -0.4 is 24.2 Å². The average molecular weight is 1160 g/mol. The van der Waals surface area contributed by atoms with Crippen molar-refractivity contribution in [3.8, 4) is 33.8 Å². The first-order valence-corrected chi connectivity index (χ1v) is 27.9. The van der Waals surface area contributed by atoms with Crippen molar-refractivity contribution in [2.24, 2.45) is 20.5 Å². The van der Waals surface area contributed by atoms with Gasteiger partial charge >= 0.3 is 0 Å². The molecule has 0 N–H and O–H groups in total. The Labute approximate surface area is 494 Å². The van der Waals surface area contributed by atoms with Gasteiger partial charge in [-0.3, -0.25) is 9.59 Å². The first-order valence-electron chi connectivity index (χ1n) is 26.4. The van der Waals surface area contributed by atoms with Gasteiger partial charge in [-0.15, -0.1) is 10.2 Å². The van der Waals surface area contributed by atoms with E-state index in [4.69, 9.17) is 76.3 Å². The minimum Gasteiger partial charge on any atom is -0.494 e. The molecule has 406 valence electrons. The Hall–Kier alpha value is -8.58. The van der Waals surface area contributed by atoms with E-state index < -0.39 is 0 Å². The van der Waals surface area contributed by atoms with Gasteiger partial charge in [0.1, 0.15) is 11.4 Å². The fourth-order valence-electron chi connectivity index (χ4n) is 11.6. The molecule has 0 atom stereocenters. The predicted molar refractivity (Wildman–Crippen MR) is 335 cm³/mol. The molecule has 0 saturated heterocycles. The summed E-state index contributed by atoms with van der Waals surface area (Å²) < 4.78 is 12.3. The molecule has 15 heteroatoms. The maximum absolute atomic E-state index is 14.5. The number of halogens is 4. The first kappa shape index (κ1) is 54.0. The second-order valence-electron chi connectivity index (χ2n) is 20.5. The van der Waals surface area contributed by atoms with Crippen molar-refractivity contribution in [3.63, 3.8) is 0 Å². The smallest absolute Gasteiger partial charge is 0.261 e. The Kier molecular flexibility index (Phi) is 14.3. The quantitative estimate of drug-likeness (QED) is 0.113. The molecule has 11 nitrogen and oxygen atoms in total. The van der Waals surface area contributed by atoms with Crippen LogP contribution in [0.2, 0.25) is 20.1 Å². The fraction of sp³-hybridized carbons (Fsp3) is 0.134. The van der Waals surface area contributed by atoms with Crippen molar-refractivity contribution in [2.45, 2.75) is 26.7 Å². The van der Waals surface area contributed by atoms with Crippen LogP contribution in [0.25, 0.3) is 43.8 Å². The van der Waals surface area contributed by atoms with Crippen LogP contribution in [0.4, 0.5) is 45.5 Å². The zero-order valence-corrected chi connectivity index (χ0v) is 48.7. The summed E-state index contributed by atoms with van der Waals surface area (Å²) in [6, 6.07) is 50.2. The van der Waals surface area contributed by atoms with Crippen molar-refractivity contribution >= 4 is 125 Å². The van der Waals surface area contributed by atoms with E-state index in [0.29, 0.717) is 89.7 Å². The van der Waals surface area contributed by atoms with Gasteiger partial charge in [0.15, 0.2) is 11.5 Å². The van der Waals surface area contributed by atoms with Gasteiger partial charge in [0.25, 0.3) is 11.8 Å². The number of amides is 2. The van der Waals surface area contributed by atoms with E-state index >= 15 is 0 Å². The monoisotopic (exact) mass is 1160 g/mol. The summed E-state index contributed by atoms with van der Waals surface area (Å²) in [7, 11) is 8.56. The number of hydrogen-bond acceptors (Lipinski definition) is 9. The van der Waals surface area contributed by atoms with E-state index in [1.54, 1.807) is 50.2 Å². The fourth-order valence-corrected chi connectivity index (χ4v) is 12.4. The summed E-state index contributed by atoms with van der Waals surface area (Å²) in [5.74, 6) is 0.0707. The molecule has 0 fully saturated rings. The molecule has 2 amide bonds. The van der Waals surface area contributed by atoms with E-state index in [1.165, 1.54) is 0 Å². The zero-order valence-electron chi connectivity index (χ0n) is 45.7.